The molecule has 152 valence electrons. The van der Waals surface area contributed by atoms with Crippen LogP contribution in [0.4, 0.5) is 5.13 Å². The number of benzene rings is 2. The van der Waals surface area contributed by atoms with Crippen LogP contribution in [0.1, 0.15) is 19.8 Å². The van der Waals surface area contributed by atoms with Crippen molar-refractivity contribution in [1.82, 2.24) is 4.98 Å². The van der Waals surface area contributed by atoms with Gasteiger partial charge in [0.15, 0.2) is 11.7 Å². The molecule has 1 amide bonds. The molecule has 0 fully saturated rings. The number of rotatable bonds is 10. The van der Waals surface area contributed by atoms with Crippen LogP contribution in [-0.4, -0.2) is 31.2 Å². The molecular formula is C22H24N2O4S. The van der Waals surface area contributed by atoms with Gasteiger partial charge in [0.05, 0.1) is 19.4 Å². The number of carbonyl (C=O) groups is 1. The first kappa shape index (κ1) is 20.7. The standard InChI is InChI=1S/C22H24N2O4S/c1-3-4-13-27-18-7-5-16(6-8-18)20-15-29-22(23-20)24-21(25)14-28-19-11-9-17(26-2)10-12-19/h5-12,15H,3-4,13-14H2,1-2H3,(H,23,24,25). The van der Waals surface area contributed by atoms with Gasteiger partial charge in [0.25, 0.3) is 5.91 Å². The minimum absolute atomic E-state index is 0.0922. The number of ether oxygens (including phenoxy) is 3. The molecule has 0 aliphatic carbocycles. The zero-order valence-electron chi connectivity index (χ0n) is 16.5. The molecule has 0 saturated carbocycles. The highest BCUT2D eigenvalue weighted by atomic mass is 32.1. The van der Waals surface area contributed by atoms with Crippen LogP contribution >= 0.6 is 11.3 Å². The molecule has 0 bridgehead atoms. The number of nitrogens with zero attached hydrogens (tertiary/aromatic N) is 1. The van der Waals surface area contributed by atoms with Gasteiger partial charge in [-0.25, -0.2) is 4.98 Å². The van der Waals surface area contributed by atoms with E-state index < -0.39 is 0 Å². The molecule has 3 aromatic rings. The normalized spacial score (nSPS) is 10.4. The van der Waals surface area contributed by atoms with Crippen molar-refractivity contribution in [3.63, 3.8) is 0 Å². The fourth-order valence-corrected chi connectivity index (χ4v) is 3.23. The summed E-state index contributed by atoms with van der Waals surface area (Å²) in [6.45, 7) is 2.77. The Morgan fingerprint density at radius 2 is 1.66 bits per heavy atom. The number of aromatic nitrogens is 1. The molecule has 1 N–H and O–H groups in total. The van der Waals surface area contributed by atoms with Crippen molar-refractivity contribution >= 4 is 22.4 Å². The Hall–Kier alpha value is -3.06. The molecule has 7 heteroatoms. The molecule has 3 rings (SSSR count). The topological polar surface area (TPSA) is 69.7 Å². The second-order valence-electron chi connectivity index (χ2n) is 6.28. The molecule has 0 atom stereocenters. The van der Waals surface area contributed by atoms with E-state index in [0.29, 0.717) is 10.9 Å². The highest BCUT2D eigenvalue weighted by Crippen LogP contribution is 2.26. The Labute approximate surface area is 174 Å². The third-order valence-corrected chi connectivity index (χ3v) is 4.85. The van der Waals surface area contributed by atoms with Gasteiger partial charge in [-0.1, -0.05) is 13.3 Å². The average molecular weight is 413 g/mol. The lowest BCUT2D eigenvalue weighted by molar-refractivity contribution is -0.118. The van der Waals surface area contributed by atoms with Gasteiger partial charge in [0.1, 0.15) is 17.2 Å². The molecular weight excluding hydrogens is 388 g/mol. The predicted octanol–water partition coefficient (Wildman–Crippen LogP) is 5.02. The summed E-state index contributed by atoms with van der Waals surface area (Å²) in [7, 11) is 1.60. The lowest BCUT2D eigenvalue weighted by Crippen LogP contribution is -2.20. The van der Waals surface area contributed by atoms with E-state index in [1.165, 1.54) is 11.3 Å². The minimum atomic E-state index is -0.263. The van der Waals surface area contributed by atoms with Gasteiger partial charge < -0.3 is 14.2 Å². The maximum atomic E-state index is 12.1. The Bertz CT molecular complexity index is 907. The average Bonchev–Trinajstić information content (AvgIpc) is 3.21. The second kappa shape index (κ2) is 10.5. The quantitative estimate of drug-likeness (QED) is 0.474. The van der Waals surface area contributed by atoms with E-state index in [-0.39, 0.29) is 12.5 Å². The molecule has 29 heavy (non-hydrogen) atoms. The summed E-state index contributed by atoms with van der Waals surface area (Å²) < 4.78 is 16.2. The highest BCUT2D eigenvalue weighted by molar-refractivity contribution is 7.14. The van der Waals surface area contributed by atoms with Crippen LogP contribution in [0.5, 0.6) is 17.2 Å². The van der Waals surface area contributed by atoms with E-state index in [1.807, 2.05) is 29.6 Å². The van der Waals surface area contributed by atoms with Crippen LogP contribution in [-0.2, 0) is 4.79 Å². The highest BCUT2D eigenvalue weighted by Gasteiger charge is 2.09. The van der Waals surface area contributed by atoms with Gasteiger partial charge in [-0.2, -0.15) is 0 Å². The summed E-state index contributed by atoms with van der Waals surface area (Å²) in [5.74, 6) is 1.92. The van der Waals surface area contributed by atoms with Gasteiger partial charge in [-0.05, 0) is 55.0 Å². The zero-order valence-corrected chi connectivity index (χ0v) is 17.3. The molecule has 0 saturated heterocycles. The summed E-state index contributed by atoms with van der Waals surface area (Å²) >= 11 is 1.37. The second-order valence-corrected chi connectivity index (χ2v) is 7.13. The van der Waals surface area contributed by atoms with Gasteiger partial charge >= 0.3 is 0 Å². The smallest absolute Gasteiger partial charge is 0.264 e. The number of hydrogen-bond donors (Lipinski definition) is 1. The van der Waals surface area contributed by atoms with E-state index in [1.54, 1.807) is 31.4 Å². The van der Waals surface area contributed by atoms with Crippen LogP contribution in [0.2, 0.25) is 0 Å². The summed E-state index contributed by atoms with van der Waals surface area (Å²) in [6, 6.07) is 14.9. The van der Waals surface area contributed by atoms with Crippen molar-refractivity contribution in [2.75, 3.05) is 25.6 Å². The molecule has 0 aliphatic rings. The van der Waals surface area contributed by atoms with Crippen molar-refractivity contribution in [2.24, 2.45) is 0 Å². The van der Waals surface area contributed by atoms with E-state index in [2.05, 4.69) is 17.2 Å². The molecule has 0 radical (unpaired) electrons. The van der Waals surface area contributed by atoms with E-state index in [4.69, 9.17) is 14.2 Å². The molecule has 0 unspecified atom stereocenters. The molecule has 0 spiro atoms. The largest absolute Gasteiger partial charge is 0.497 e. The summed E-state index contributed by atoms with van der Waals surface area (Å²) in [4.78, 5) is 16.6. The number of unbranched alkanes of at least 4 members (excludes halogenated alkanes) is 1. The fraction of sp³-hybridized carbons (Fsp3) is 0.273. The Morgan fingerprint density at radius 3 is 2.34 bits per heavy atom. The number of anilines is 1. The van der Waals surface area contributed by atoms with E-state index in [0.717, 1.165) is 42.2 Å². The first-order valence-corrected chi connectivity index (χ1v) is 10.3. The van der Waals surface area contributed by atoms with Crippen molar-refractivity contribution in [3.8, 4) is 28.5 Å². The van der Waals surface area contributed by atoms with Crippen LogP contribution in [0, 0.1) is 0 Å². The molecule has 0 aliphatic heterocycles. The number of methoxy groups -OCH3 is 1. The number of carbonyl (C=O) groups excluding carboxylic acids is 1. The summed E-state index contributed by atoms with van der Waals surface area (Å²) in [6.07, 6.45) is 2.15. The number of thiazole rings is 1. The third-order valence-electron chi connectivity index (χ3n) is 4.10. The first-order valence-electron chi connectivity index (χ1n) is 9.43. The third kappa shape index (κ3) is 6.22. The molecule has 1 aromatic heterocycles. The van der Waals surface area contributed by atoms with Gasteiger partial charge in [0, 0.05) is 10.9 Å². The lowest BCUT2D eigenvalue weighted by Gasteiger charge is -2.06. The van der Waals surface area contributed by atoms with Crippen LogP contribution < -0.4 is 19.5 Å². The summed E-state index contributed by atoms with van der Waals surface area (Å²) in [5.41, 5.74) is 1.78. The summed E-state index contributed by atoms with van der Waals surface area (Å²) in [5, 5.41) is 5.21. The maximum absolute atomic E-state index is 12.1. The van der Waals surface area contributed by atoms with Gasteiger partial charge in [-0.15, -0.1) is 11.3 Å². The number of amides is 1. The molecule has 1 heterocycles. The van der Waals surface area contributed by atoms with Gasteiger partial charge in [-0.3, -0.25) is 10.1 Å². The number of hydrogen-bond acceptors (Lipinski definition) is 6. The van der Waals surface area contributed by atoms with Gasteiger partial charge in [0.2, 0.25) is 0 Å². The SMILES string of the molecule is CCCCOc1ccc(-c2csc(NC(=O)COc3ccc(OC)cc3)n2)cc1. The Balaban J connectivity index is 1.50. The van der Waals surface area contributed by atoms with Crippen molar-refractivity contribution in [3.05, 3.63) is 53.9 Å². The van der Waals surface area contributed by atoms with Crippen LogP contribution in [0.25, 0.3) is 11.3 Å². The Morgan fingerprint density at radius 1 is 1.00 bits per heavy atom. The fourth-order valence-electron chi connectivity index (χ4n) is 2.50. The molecule has 2 aromatic carbocycles. The molecule has 6 nitrogen and oxygen atoms in total. The Kier molecular flexibility index (Phi) is 7.47. The first-order chi connectivity index (χ1) is 14.2. The van der Waals surface area contributed by atoms with E-state index in [9.17, 15) is 4.79 Å². The lowest BCUT2D eigenvalue weighted by atomic mass is 10.2. The van der Waals surface area contributed by atoms with Crippen molar-refractivity contribution < 1.29 is 19.0 Å². The monoisotopic (exact) mass is 412 g/mol. The van der Waals surface area contributed by atoms with E-state index >= 15 is 0 Å². The zero-order chi connectivity index (χ0) is 20.5. The van der Waals surface area contributed by atoms with Crippen LogP contribution in [0.15, 0.2) is 53.9 Å². The minimum Gasteiger partial charge on any atom is -0.497 e. The van der Waals surface area contributed by atoms with Crippen molar-refractivity contribution in [1.29, 1.82) is 0 Å². The van der Waals surface area contributed by atoms with Crippen LogP contribution in [0.3, 0.4) is 0 Å². The number of nitrogens with one attached hydrogen (secondary N) is 1. The predicted molar refractivity (Wildman–Crippen MR) is 115 cm³/mol. The van der Waals surface area contributed by atoms with Crippen molar-refractivity contribution in [2.45, 2.75) is 19.8 Å². The maximum Gasteiger partial charge on any atom is 0.264 e.